The smallest absolute Gasteiger partial charge is 0.333 e. The highest BCUT2D eigenvalue weighted by Gasteiger charge is 2.08. The van der Waals surface area contributed by atoms with E-state index in [1.165, 1.54) is 26.0 Å². The summed E-state index contributed by atoms with van der Waals surface area (Å²) in [5.74, 6) is 0.182. The van der Waals surface area contributed by atoms with E-state index in [1.54, 1.807) is 13.0 Å². The number of hydrogen-bond acceptors (Lipinski definition) is 5. The van der Waals surface area contributed by atoms with Crippen LogP contribution in [0.15, 0.2) is 42.5 Å². The third-order valence-electron chi connectivity index (χ3n) is 4.75. The number of carbonyl (C=O) groups excluding carboxylic acids is 2. The highest BCUT2D eigenvalue weighted by atomic mass is 16.5. The summed E-state index contributed by atoms with van der Waals surface area (Å²) in [5, 5.41) is 0. The molecule has 5 heteroatoms. The molecule has 1 atom stereocenters. The summed E-state index contributed by atoms with van der Waals surface area (Å²) in [6, 6.07) is 7.71. The summed E-state index contributed by atoms with van der Waals surface area (Å²) in [4.78, 5) is 22.4. The second-order valence-electron chi connectivity index (χ2n) is 7.40. The van der Waals surface area contributed by atoms with Crippen LogP contribution in [0.1, 0.15) is 70.8 Å². The minimum absolute atomic E-state index is 0.211. The summed E-state index contributed by atoms with van der Waals surface area (Å²) in [5.41, 5.74) is 1.38. The largest absolute Gasteiger partial charge is 0.490 e. The van der Waals surface area contributed by atoms with Gasteiger partial charge >= 0.3 is 11.9 Å². The van der Waals surface area contributed by atoms with Gasteiger partial charge in [0.2, 0.25) is 0 Å². The van der Waals surface area contributed by atoms with Gasteiger partial charge < -0.3 is 14.2 Å². The molecule has 0 aromatic heterocycles. The minimum atomic E-state index is -0.368. The second-order valence-corrected chi connectivity index (χ2v) is 7.40. The molecular weight excluding hydrogens is 380 g/mol. The maximum atomic E-state index is 11.3. The number of benzene rings is 1. The Morgan fingerprint density at radius 2 is 1.67 bits per heavy atom. The van der Waals surface area contributed by atoms with Gasteiger partial charge in [-0.15, -0.1) is 0 Å². The number of hydrogen-bond donors (Lipinski definition) is 0. The van der Waals surface area contributed by atoms with Gasteiger partial charge in [-0.05, 0) is 56.4 Å². The van der Waals surface area contributed by atoms with Gasteiger partial charge in [0.05, 0.1) is 19.8 Å². The van der Waals surface area contributed by atoms with E-state index in [2.05, 4.69) is 18.2 Å². The van der Waals surface area contributed by atoms with Crippen molar-refractivity contribution >= 4 is 18.0 Å². The summed E-state index contributed by atoms with van der Waals surface area (Å²) >= 11 is 0. The minimum Gasteiger partial charge on any atom is -0.490 e. The van der Waals surface area contributed by atoms with E-state index in [0.717, 1.165) is 49.8 Å². The van der Waals surface area contributed by atoms with Gasteiger partial charge in [-0.2, -0.15) is 0 Å². The monoisotopic (exact) mass is 416 g/mol. The SMILES string of the molecule is C=C(C)C(=O)OCCCCCCCCC(CC)Oc1ccc(/C=C/C(=O)OC)cc1. The van der Waals surface area contributed by atoms with E-state index in [-0.39, 0.29) is 18.0 Å². The van der Waals surface area contributed by atoms with E-state index in [9.17, 15) is 9.59 Å². The molecule has 0 saturated heterocycles. The molecule has 0 saturated carbocycles. The average Bonchev–Trinajstić information content (AvgIpc) is 2.75. The Kier molecular flexibility index (Phi) is 13.0. The Morgan fingerprint density at radius 3 is 2.27 bits per heavy atom. The van der Waals surface area contributed by atoms with Crippen LogP contribution in [-0.2, 0) is 19.1 Å². The summed E-state index contributed by atoms with van der Waals surface area (Å²) in [6.45, 7) is 7.85. The quantitative estimate of drug-likeness (QED) is 0.203. The first-order valence-corrected chi connectivity index (χ1v) is 10.8. The first kappa shape index (κ1) is 25.5. The number of ether oxygens (including phenoxy) is 3. The molecule has 0 spiro atoms. The van der Waals surface area contributed by atoms with E-state index in [0.29, 0.717) is 12.2 Å². The van der Waals surface area contributed by atoms with Gasteiger partial charge in [-0.3, -0.25) is 0 Å². The van der Waals surface area contributed by atoms with Gasteiger partial charge in [0.1, 0.15) is 5.75 Å². The molecule has 0 amide bonds. The topological polar surface area (TPSA) is 61.8 Å². The number of unbranched alkanes of at least 4 members (excludes halogenated alkanes) is 5. The standard InChI is InChI=1S/C25H36O5/c1-5-22(12-10-8-6-7-9-11-19-29-25(27)20(2)3)30-23-16-13-21(14-17-23)15-18-24(26)28-4/h13-18,22H,2,5-12,19H2,1,3-4H3/b18-15+. The number of methoxy groups -OCH3 is 1. The molecule has 0 radical (unpaired) electrons. The molecular formula is C25H36O5. The molecule has 0 aliphatic carbocycles. The molecule has 166 valence electrons. The Hall–Kier alpha value is -2.56. The molecule has 5 nitrogen and oxygen atoms in total. The Balaban J connectivity index is 2.18. The van der Waals surface area contributed by atoms with Gasteiger partial charge in [-0.1, -0.05) is 51.3 Å². The first-order chi connectivity index (χ1) is 14.5. The lowest BCUT2D eigenvalue weighted by molar-refractivity contribution is -0.139. The summed E-state index contributed by atoms with van der Waals surface area (Å²) in [6.07, 6.45) is 12.0. The van der Waals surface area contributed by atoms with Crippen LogP contribution >= 0.6 is 0 Å². The Labute approximate surface area is 181 Å². The number of carbonyl (C=O) groups is 2. The normalized spacial score (nSPS) is 11.8. The molecule has 1 aromatic rings. The lowest BCUT2D eigenvalue weighted by Gasteiger charge is -2.17. The van der Waals surface area contributed by atoms with E-state index in [4.69, 9.17) is 9.47 Å². The van der Waals surface area contributed by atoms with Gasteiger partial charge in [0.15, 0.2) is 0 Å². The second kappa shape index (κ2) is 15.3. The van der Waals surface area contributed by atoms with Crippen molar-refractivity contribution in [3.63, 3.8) is 0 Å². The summed E-state index contributed by atoms with van der Waals surface area (Å²) in [7, 11) is 1.36. The molecule has 1 aromatic carbocycles. The van der Waals surface area contributed by atoms with E-state index < -0.39 is 0 Å². The maximum Gasteiger partial charge on any atom is 0.333 e. The third kappa shape index (κ3) is 11.4. The molecule has 0 fully saturated rings. The van der Waals surface area contributed by atoms with Crippen LogP contribution in [0, 0.1) is 0 Å². The highest BCUT2D eigenvalue weighted by Crippen LogP contribution is 2.19. The lowest BCUT2D eigenvalue weighted by atomic mass is 10.1. The van der Waals surface area contributed by atoms with Crippen LogP contribution in [0.3, 0.4) is 0 Å². The average molecular weight is 417 g/mol. The molecule has 0 bridgehead atoms. The number of esters is 2. The molecule has 1 rings (SSSR count). The van der Waals surface area contributed by atoms with Crippen LogP contribution in [-0.4, -0.2) is 31.8 Å². The highest BCUT2D eigenvalue weighted by molar-refractivity contribution is 5.87. The zero-order valence-corrected chi connectivity index (χ0v) is 18.7. The molecule has 0 aliphatic heterocycles. The van der Waals surface area contributed by atoms with Crippen molar-refractivity contribution in [1.29, 1.82) is 0 Å². The molecule has 0 aliphatic rings. The Bertz CT molecular complexity index is 675. The van der Waals surface area contributed by atoms with Crippen LogP contribution in [0.4, 0.5) is 0 Å². The Morgan fingerprint density at radius 1 is 1.03 bits per heavy atom. The molecule has 0 N–H and O–H groups in total. The molecule has 0 heterocycles. The van der Waals surface area contributed by atoms with Crippen molar-refractivity contribution in [2.24, 2.45) is 0 Å². The van der Waals surface area contributed by atoms with Crippen molar-refractivity contribution in [3.8, 4) is 5.75 Å². The molecule has 30 heavy (non-hydrogen) atoms. The van der Waals surface area contributed by atoms with Gasteiger partial charge in [0, 0.05) is 11.6 Å². The fourth-order valence-electron chi connectivity index (χ4n) is 2.90. The molecule has 1 unspecified atom stereocenters. The predicted octanol–water partition coefficient (Wildman–Crippen LogP) is 5.88. The third-order valence-corrected chi connectivity index (χ3v) is 4.75. The lowest BCUT2D eigenvalue weighted by Crippen LogP contribution is -2.15. The fourth-order valence-corrected chi connectivity index (χ4v) is 2.90. The van der Waals surface area contributed by atoms with Crippen LogP contribution in [0.5, 0.6) is 5.75 Å². The van der Waals surface area contributed by atoms with Crippen molar-refractivity contribution in [3.05, 3.63) is 48.1 Å². The van der Waals surface area contributed by atoms with E-state index in [1.807, 2.05) is 24.3 Å². The van der Waals surface area contributed by atoms with Crippen LogP contribution in [0.25, 0.3) is 6.08 Å². The number of rotatable bonds is 15. The van der Waals surface area contributed by atoms with Crippen molar-refractivity contribution < 1.29 is 23.8 Å². The van der Waals surface area contributed by atoms with Crippen molar-refractivity contribution in [2.45, 2.75) is 71.3 Å². The zero-order chi connectivity index (χ0) is 22.2. The van der Waals surface area contributed by atoms with Gasteiger partial charge in [-0.25, -0.2) is 9.59 Å². The van der Waals surface area contributed by atoms with Crippen molar-refractivity contribution in [1.82, 2.24) is 0 Å². The fraction of sp³-hybridized carbons (Fsp3) is 0.520. The first-order valence-electron chi connectivity index (χ1n) is 10.8. The maximum absolute atomic E-state index is 11.3. The zero-order valence-electron chi connectivity index (χ0n) is 18.7. The van der Waals surface area contributed by atoms with Crippen LogP contribution < -0.4 is 4.74 Å². The predicted molar refractivity (Wildman–Crippen MR) is 120 cm³/mol. The summed E-state index contributed by atoms with van der Waals surface area (Å²) < 4.78 is 15.8. The van der Waals surface area contributed by atoms with Crippen molar-refractivity contribution in [2.75, 3.05) is 13.7 Å². The van der Waals surface area contributed by atoms with Gasteiger partial charge in [0.25, 0.3) is 0 Å². The van der Waals surface area contributed by atoms with E-state index >= 15 is 0 Å². The van der Waals surface area contributed by atoms with Crippen LogP contribution in [0.2, 0.25) is 0 Å².